The minimum Gasteiger partial charge on any atom is -0.269 e. The van der Waals surface area contributed by atoms with Crippen LogP contribution in [0.15, 0.2) is 40.6 Å². The van der Waals surface area contributed by atoms with Gasteiger partial charge in [-0.1, -0.05) is 17.7 Å². The van der Waals surface area contributed by atoms with E-state index in [1.807, 2.05) is 19.1 Å². The zero-order valence-electron chi connectivity index (χ0n) is 10.6. The van der Waals surface area contributed by atoms with Gasteiger partial charge in [0, 0.05) is 11.9 Å². The third kappa shape index (κ3) is 2.94. The Morgan fingerprint density at radius 3 is 2.32 bits per heavy atom. The van der Waals surface area contributed by atoms with Gasteiger partial charge >= 0.3 is 0 Å². The van der Waals surface area contributed by atoms with E-state index in [0.717, 1.165) is 10.4 Å². The fraction of sp³-hybridized carbons (Fsp3) is 0.231. The Morgan fingerprint density at radius 1 is 1.16 bits per heavy atom. The highest BCUT2D eigenvalue weighted by Gasteiger charge is 2.23. The molecule has 0 saturated carbocycles. The summed E-state index contributed by atoms with van der Waals surface area (Å²) in [5.74, 6) is 0.328. The van der Waals surface area contributed by atoms with E-state index in [-0.39, 0.29) is 0 Å². The van der Waals surface area contributed by atoms with Crippen LogP contribution in [0.2, 0.25) is 0 Å². The maximum absolute atomic E-state index is 12.4. The molecule has 0 bridgehead atoms. The molecule has 0 spiro atoms. The topological polar surface area (TPSA) is 37.4 Å². The summed E-state index contributed by atoms with van der Waals surface area (Å²) in [5, 5.41) is 0. The van der Waals surface area contributed by atoms with E-state index in [1.165, 1.54) is 15.6 Å². The van der Waals surface area contributed by atoms with Crippen LogP contribution in [0.25, 0.3) is 0 Å². The van der Waals surface area contributed by atoms with Crippen LogP contribution >= 0.6 is 22.9 Å². The van der Waals surface area contributed by atoms with Gasteiger partial charge in [-0.3, -0.25) is 4.31 Å². The lowest BCUT2D eigenvalue weighted by atomic mass is 10.2. The molecule has 0 aliphatic rings. The van der Waals surface area contributed by atoms with Gasteiger partial charge in [-0.2, -0.15) is 0 Å². The summed E-state index contributed by atoms with van der Waals surface area (Å²) in [5.41, 5.74) is 1.74. The zero-order chi connectivity index (χ0) is 14.0. The maximum atomic E-state index is 12.4. The van der Waals surface area contributed by atoms with Crippen LogP contribution in [0.1, 0.15) is 10.4 Å². The van der Waals surface area contributed by atoms with E-state index in [9.17, 15) is 8.42 Å². The Balaban J connectivity index is 2.36. The quantitative estimate of drug-likeness (QED) is 0.808. The molecule has 0 fully saturated rings. The first-order chi connectivity index (χ1) is 8.95. The summed E-state index contributed by atoms with van der Waals surface area (Å²) < 4.78 is 26.5. The molecule has 1 heterocycles. The van der Waals surface area contributed by atoms with E-state index in [0.29, 0.717) is 15.8 Å². The van der Waals surface area contributed by atoms with Crippen LogP contribution in [0.3, 0.4) is 0 Å². The smallest absolute Gasteiger partial charge is 0.269 e. The lowest BCUT2D eigenvalue weighted by Crippen LogP contribution is -2.25. The number of halogens is 1. The fourth-order valence-electron chi connectivity index (χ4n) is 1.60. The molecule has 0 unspecified atom stereocenters. The summed E-state index contributed by atoms with van der Waals surface area (Å²) in [6, 6.07) is 10.7. The van der Waals surface area contributed by atoms with Crippen molar-refractivity contribution >= 4 is 38.6 Å². The van der Waals surface area contributed by atoms with Crippen LogP contribution in [-0.4, -0.2) is 15.5 Å². The third-order valence-corrected chi connectivity index (χ3v) is 6.57. The van der Waals surface area contributed by atoms with E-state index in [2.05, 4.69) is 0 Å². The van der Waals surface area contributed by atoms with Crippen molar-refractivity contribution in [2.75, 3.05) is 11.4 Å². The molecule has 3 nitrogen and oxygen atoms in total. The van der Waals surface area contributed by atoms with Crippen molar-refractivity contribution in [2.45, 2.75) is 17.0 Å². The van der Waals surface area contributed by atoms with Gasteiger partial charge in [-0.05, 0) is 31.2 Å². The Kier molecular flexibility index (Phi) is 4.18. The van der Waals surface area contributed by atoms with Crippen molar-refractivity contribution in [3.63, 3.8) is 0 Å². The number of rotatable bonds is 4. The van der Waals surface area contributed by atoms with Crippen LogP contribution in [0.4, 0.5) is 5.69 Å². The molecule has 2 aromatic rings. The molecule has 0 N–H and O–H groups in total. The van der Waals surface area contributed by atoms with Gasteiger partial charge in [0.25, 0.3) is 10.0 Å². The number of thiophene rings is 1. The maximum Gasteiger partial charge on any atom is 0.273 e. The summed E-state index contributed by atoms with van der Waals surface area (Å²) in [6.07, 6.45) is 0. The predicted octanol–water partition coefficient (Wildman–Crippen LogP) is 3.62. The number of hydrogen-bond acceptors (Lipinski definition) is 3. The summed E-state index contributed by atoms with van der Waals surface area (Å²) >= 11 is 6.91. The Morgan fingerprint density at radius 2 is 1.79 bits per heavy atom. The highest BCUT2D eigenvalue weighted by Crippen LogP contribution is 2.28. The van der Waals surface area contributed by atoms with Crippen molar-refractivity contribution in [3.05, 3.63) is 46.8 Å². The number of sulfonamides is 1. The number of hydrogen-bond donors (Lipinski definition) is 0. The van der Waals surface area contributed by atoms with Gasteiger partial charge in [0.15, 0.2) is 0 Å². The minimum atomic E-state index is -3.50. The summed E-state index contributed by atoms with van der Waals surface area (Å²) in [7, 11) is -1.95. The van der Waals surface area contributed by atoms with E-state index in [4.69, 9.17) is 11.6 Å². The van der Waals surface area contributed by atoms with Gasteiger partial charge < -0.3 is 0 Å². The zero-order valence-corrected chi connectivity index (χ0v) is 13.0. The molecule has 1 aromatic heterocycles. The van der Waals surface area contributed by atoms with Gasteiger partial charge in [0.2, 0.25) is 0 Å². The fourth-order valence-corrected chi connectivity index (χ4v) is 4.42. The standard InChI is InChI=1S/C13H14ClNO2S2/c1-10-3-5-11(6-4-10)15(2)19(16,17)13-8-7-12(9-14)18-13/h3-8H,9H2,1-2H3. The van der Waals surface area contributed by atoms with Crippen LogP contribution < -0.4 is 4.31 Å². The lowest BCUT2D eigenvalue weighted by Gasteiger charge is -2.18. The van der Waals surface area contributed by atoms with Gasteiger partial charge in [-0.25, -0.2) is 8.42 Å². The molecule has 2 rings (SSSR count). The first-order valence-electron chi connectivity index (χ1n) is 5.65. The minimum absolute atomic E-state index is 0.311. The molecule has 0 radical (unpaired) electrons. The molecule has 102 valence electrons. The number of aryl methyl sites for hydroxylation is 1. The van der Waals surface area contributed by atoms with Crippen molar-refractivity contribution in [3.8, 4) is 0 Å². The molecule has 0 saturated heterocycles. The molecular weight excluding hydrogens is 302 g/mol. The van der Waals surface area contributed by atoms with Crippen molar-refractivity contribution in [2.24, 2.45) is 0 Å². The second-order valence-electron chi connectivity index (χ2n) is 4.16. The molecule has 1 aromatic carbocycles. The van der Waals surface area contributed by atoms with E-state index < -0.39 is 10.0 Å². The van der Waals surface area contributed by atoms with E-state index in [1.54, 1.807) is 31.3 Å². The van der Waals surface area contributed by atoms with Crippen molar-refractivity contribution in [1.82, 2.24) is 0 Å². The van der Waals surface area contributed by atoms with Crippen molar-refractivity contribution in [1.29, 1.82) is 0 Å². The number of anilines is 1. The number of nitrogens with zero attached hydrogens (tertiary/aromatic N) is 1. The predicted molar refractivity (Wildman–Crippen MR) is 80.6 cm³/mol. The molecule has 0 aliphatic carbocycles. The average molecular weight is 316 g/mol. The second kappa shape index (κ2) is 5.53. The molecule has 0 amide bonds. The van der Waals surface area contributed by atoms with Crippen LogP contribution in [0, 0.1) is 6.92 Å². The molecule has 6 heteroatoms. The van der Waals surface area contributed by atoms with Gasteiger partial charge in [0.1, 0.15) is 4.21 Å². The Bertz CT molecular complexity index is 662. The number of benzene rings is 1. The van der Waals surface area contributed by atoms with Crippen molar-refractivity contribution < 1.29 is 8.42 Å². The monoisotopic (exact) mass is 315 g/mol. The third-order valence-electron chi connectivity index (χ3n) is 2.78. The largest absolute Gasteiger partial charge is 0.273 e. The van der Waals surface area contributed by atoms with E-state index >= 15 is 0 Å². The van der Waals surface area contributed by atoms with Crippen LogP contribution in [0.5, 0.6) is 0 Å². The number of alkyl halides is 1. The first-order valence-corrected chi connectivity index (χ1v) is 8.44. The molecule has 19 heavy (non-hydrogen) atoms. The Labute approximate surface area is 122 Å². The second-order valence-corrected chi connectivity index (χ2v) is 7.79. The lowest BCUT2D eigenvalue weighted by molar-refractivity contribution is 0.596. The first kappa shape index (κ1) is 14.4. The summed E-state index contributed by atoms with van der Waals surface area (Å²) in [6.45, 7) is 1.96. The SMILES string of the molecule is Cc1ccc(N(C)S(=O)(=O)c2ccc(CCl)s2)cc1. The average Bonchev–Trinajstić information content (AvgIpc) is 2.88. The van der Waals surface area contributed by atoms with Crippen LogP contribution in [-0.2, 0) is 15.9 Å². The Hall–Kier alpha value is -1.04. The van der Waals surface area contributed by atoms with Gasteiger partial charge in [0.05, 0.1) is 11.6 Å². The molecule has 0 aliphatic heterocycles. The molecule has 0 atom stereocenters. The summed E-state index contributed by atoms with van der Waals surface area (Å²) in [4.78, 5) is 0.845. The normalized spacial score (nSPS) is 11.5. The molecular formula is C13H14ClNO2S2. The highest BCUT2D eigenvalue weighted by molar-refractivity contribution is 7.94. The highest BCUT2D eigenvalue weighted by atomic mass is 35.5. The van der Waals surface area contributed by atoms with Gasteiger partial charge in [-0.15, -0.1) is 22.9 Å².